The Bertz CT molecular complexity index is 1030. The van der Waals surface area contributed by atoms with Crippen molar-refractivity contribution in [2.45, 2.75) is 41.0 Å². The molecule has 0 atom stereocenters. The van der Waals surface area contributed by atoms with Crippen molar-refractivity contribution in [1.29, 1.82) is 0 Å². The summed E-state index contributed by atoms with van der Waals surface area (Å²) in [4.78, 5) is 23.9. The summed E-state index contributed by atoms with van der Waals surface area (Å²) in [5.41, 5.74) is 7.84. The molecule has 0 N–H and O–H groups in total. The highest BCUT2D eigenvalue weighted by atomic mass is 16.5. The molecule has 0 aliphatic rings. The first-order valence-electron chi connectivity index (χ1n) is 9.73. The predicted octanol–water partition coefficient (Wildman–Crippen LogP) is 5.93. The Balaban J connectivity index is 1.80. The number of carbonyl (C=O) groups is 2. The standard InChI is InChI=1S/C26H26O3/c1-16-10-17(2)12-21(11-16)15-22-13-18(3)25(19(4)14-22)29-26(28)24-8-6-23(7-9-24)20(5)27/h6-14H,15H2,1-5H3. The van der Waals surface area contributed by atoms with E-state index < -0.39 is 5.97 Å². The molecule has 3 nitrogen and oxygen atoms in total. The van der Waals surface area contributed by atoms with Gasteiger partial charge in [0.2, 0.25) is 0 Å². The molecule has 148 valence electrons. The number of hydrogen-bond acceptors (Lipinski definition) is 3. The van der Waals surface area contributed by atoms with Gasteiger partial charge in [0.05, 0.1) is 5.56 Å². The van der Waals surface area contributed by atoms with Crippen LogP contribution in [-0.4, -0.2) is 11.8 Å². The van der Waals surface area contributed by atoms with Crippen molar-refractivity contribution in [3.63, 3.8) is 0 Å². The maximum absolute atomic E-state index is 12.5. The van der Waals surface area contributed by atoms with Crippen molar-refractivity contribution in [2.24, 2.45) is 0 Å². The van der Waals surface area contributed by atoms with Gasteiger partial charge >= 0.3 is 5.97 Å². The minimum Gasteiger partial charge on any atom is -0.422 e. The smallest absolute Gasteiger partial charge is 0.343 e. The third-order valence-corrected chi connectivity index (χ3v) is 4.93. The highest BCUT2D eigenvalue weighted by molar-refractivity contribution is 5.96. The van der Waals surface area contributed by atoms with E-state index in [0.717, 1.165) is 17.5 Å². The third kappa shape index (κ3) is 5.00. The van der Waals surface area contributed by atoms with E-state index in [9.17, 15) is 9.59 Å². The number of carbonyl (C=O) groups excluding carboxylic acids is 2. The summed E-state index contributed by atoms with van der Waals surface area (Å²) in [7, 11) is 0. The summed E-state index contributed by atoms with van der Waals surface area (Å²) >= 11 is 0. The van der Waals surface area contributed by atoms with Gasteiger partial charge in [0, 0.05) is 5.56 Å². The van der Waals surface area contributed by atoms with Gasteiger partial charge in [-0.15, -0.1) is 0 Å². The van der Waals surface area contributed by atoms with Gasteiger partial charge in [-0.25, -0.2) is 4.79 Å². The number of rotatable bonds is 5. The number of esters is 1. The Kier molecular flexibility index (Phi) is 5.97. The van der Waals surface area contributed by atoms with Crippen LogP contribution in [0.4, 0.5) is 0 Å². The lowest BCUT2D eigenvalue weighted by atomic mass is 9.97. The fourth-order valence-electron chi connectivity index (χ4n) is 3.70. The Hall–Kier alpha value is -3.20. The average Bonchev–Trinajstić information content (AvgIpc) is 2.63. The van der Waals surface area contributed by atoms with E-state index in [1.807, 2.05) is 13.8 Å². The molecule has 0 aliphatic heterocycles. The molecule has 0 saturated carbocycles. The van der Waals surface area contributed by atoms with E-state index in [2.05, 4.69) is 44.2 Å². The molecule has 0 heterocycles. The number of benzene rings is 3. The Morgan fingerprint density at radius 1 is 0.724 bits per heavy atom. The Morgan fingerprint density at radius 2 is 1.21 bits per heavy atom. The predicted molar refractivity (Wildman–Crippen MR) is 116 cm³/mol. The first kappa shape index (κ1) is 20.5. The molecule has 0 aromatic heterocycles. The van der Waals surface area contributed by atoms with Gasteiger partial charge in [0.25, 0.3) is 0 Å². The molecular formula is C26H26O3. The van der Waals surface area contributed by atoms with Crippen molar-refractivity contribution in [3.05, 3.63) is 99.1 Å². The van der Waals surface area contributed by atoms with Gasteiger partial charge in [0.1, 0.15) is 5.75 Å². The highest BCUT2D eigenvalue weighted by Crippen LogP contribution is 2.27. The lowest BCUT2D eigenvalue weighted by Crippen LogP contribution is -2.11. The molecular weight excluding hydrogens is 360 g/mol. The fourth-order valence-corrected chi connectivity index (χ4v) is 3.70. The zero-order valence-corrected chi connectivity index (χ0v) is 17.6. The molecule has 3 heteroatoms. The lowest BCUT2D eigenvalue weighted by molar-refractivity contribution is 0.0731. The molecule has 0 amide bonds. The van der Waals surface area contributed by atoms with Crippen LogP contribution in [0.1, 0.15) is 61.0 Å². The van der Waals surface area contributed by atoms with Crippen molar-refractivity contribution < 1.29 is 14.3 Å². The first-order valence-corrected chi connectivity index (χ1v) is 9.73. The largest absolute Gasteiger partial charge is 0.422 e. The average molecular weight is 386 g/mol. The van der Waals surface area contributed by atoms with Crippen LogP contribution in [0.3, 0.4) is 0 Å². The van der Waals surface area contributed by atoms with Gasteiger partial charge in [-0.3, -0.25) is 4.79 Å². The number of ketones is 1. The summed E-state index contributed by atoms with van der Waals surface area (Å²) in [6.07, 6.45) is 0.838. The second-order valence-corrected chi connectivity index (χ2v) is 7.75. The van der Waals surface area contributed by atoms with Gasteiger partial charge in [-0.1, -0.05) is 53.6 Å². The molecule has 0 unspecified atom stereocenters. The number of ether oxygens (including phenoxy) is 1. The van der Waals surface area contributed by atoms with E-state index in [1.165, 1.54) is 29.2 Å². The van der Waals surface area contributed by atoms with E-state index in [0.29, 0.717) is 16.9 Å². The van der Waals surface area contributed by atoms with Crippen LogP contribution in [0.25, 0.3) is 0 Å². The molecule has 3 aromatic rings. The molecule has 0 spiro atoms. The van der Waals surface area contributed by atoms with Crippen LogP contribution in [0.2, 0.25) is 0 Å². The minimum absolute atomic E-state index is 0.0315. The van der Waals surface area contributed by atoms with Crippen molar-refractivity contribution in [3.8, 4) is 5.75 Å². The first-order chi connectivity index (χ1) is 13.7. The monoisotopic (exact) mass is 386 g/mol. The SMILES string of the molecule is CC(=O)c1ccc(C(=O)Oc2c(C)cc(Cc3cc(C)cc(C)c3)cc2C)cc1. The van der Waals surface area contributed by atoms with Crippen LogP contribution in [-0.2, 0) is 6.42 Å². The van der Waals surface area contributed by atoms with E-state index in [4.69, 9.17) is 4.74 Å². The summed E-state index contributed by atoms with van der Waals surface area (Å²) in [5, 5.41) is 0. The molecule has 3 aromatic carbocycles. The Morgan fingerprint density at radius 3 is 1.72 bits per heavy atom. The summed E-state index contributed by atoms with van der Waals surface area (Å²) in [5.74, 6) is 0.138. The highest BCUT2D eigenvalue weighted by Gasteiger charge is 2.14. The molecule has 3 rings (SSSR count). The summed E-state index contributed by atoms with van der Waals surface area (Å²) in [6, 6.07) is 17.3. The van der Waals surface area contributed by atoms with Crippen molar-refractivity contribution in [2.75, 3.05) is 0 Å². The summed E-state index contributed by atoms with van der Waals surface area (Å²) < 4.78 is 5.68. The minimum atomic E-state index is -0.423. The van der Waals surface area contributed by atoms with Crippen molar-refractivity contribution in [1.82, 2.24) is 0 Å². The third-order valence-electron chi connectivity index (χ3n) is 4.93. The van der Waals surface area contributed by atoms with Crippen LogP contribution in [0.5, 0.6) is 5.75 Å². The quantitative estimate of drug-likeness (QED) is 0.310. The van der Waals surface area contributed by atoms with Crippen LogP contribution >= 0.6 is 0 Å². The van der Waals surface area contributed by atoms with Crippen molar-refractivity contribution >= 4 is 11.8 Å². The second-order valence-electron chi connectivity index (χ2n) is 7.75. The normalized spacial score (nSPS) is 10.7. The number of aryl methyl sites for hydroxylation is 4. The van der Waals surface area contributed by atoms with Gasteiger partial charge in [0.15, 0.2) is 5.78 Å². The molecule has 0 radical (unpaired) electrons. The Labute approximate surface area is 172 Å². The molecule has 0 aliphatic carbocycles. The molecule has 0 saturated heterocycles. The topological polar surface area (TPSA) is 43.4 Å². The van der Waals surface area contributed by atoms with Crippen LogP contribution < -0.4 is 4.74 Å². The van der Waals surface area contributed by atoms with E-state index in [1.54, 1.807) is 24.3 Å². The summed E-state index contributed by atoms with van der Waals surface area (Å²) in [6.45, 7) is 9.63. The zero-order chi connectivity index (χ0) is 21.1. The van der Waals surface area contributed by atoms with E-state index in [-0.39, 0.29) is 5.78 Å². The number of Topliss-reactive ketones (excluding diaryl/α,β-unsaturated/α-hetero) is 1. The molecule has 0 bridgehead atoms. The second kappa shape index (κ2) is 8.44. The van der Waals surface area contributed by atoms with Gasteiger partial charge in [-0.05, 0) is 75.4 Å². The van der Waals surface area contributed by atoms with Gasteiger partial charge < -0.3 is 4.74 Å². The van der Waals surface area contributed by atoms with Crippen LogP contribution in [0, 0.1) is 27.7 Å². The fraction of sp³-hybridized carbons (Fsp3) is 0.231. The van der Waals surface area contributed by atoms with Gasteiger partial charge in [-0.2, -0.15) is 0 Å². The van der Waals surface area contributed by atoms with E-state index >= 15 is 0 Å². The lowest BCUT2D eigenvalue weighted by Gasteiger charge is -2.14. The maximum Gasteiger partial charge on any atom is 0.343 e. The zero-order valence-electron chi connectivity index (χ0n) is 17.6. The number of hydrogen-bond donors (Lipinski definition) is 0. The molecule has 29 heavy (non-hydrogen) atoms. The van der Waals surface area contributed by atoms with Crippen LogP contribution in [0.15, 0.2) is 54.6 Å². The molecule has 0 fully saturated rings. The maximum atomic E-state index is 12.5.